The third-order valence-corrected chi connectivity index (χ3v) is 7.82. The largest absolute Gasteiger partial charge is 0.480 e. The zero-order chi connectivity index (χ0) is 31.2. The molecule has 0 aliphatic rings. The Balaban J connectivity index is 1.76. The number of benzene rings is 2. The van der Waals surface area contributed by atoms with Crippen molar-refractivity contribution in [3.8, 4) is 0 Å². The van der Waals surface area contributed by atoms with Crippen LogP contribution in [0.4, 0.5) is 0 Å². The van der Waals surface area contributed by atoms with Gasteiger partial charge in [0.25, 0.3) is 0 Å². The van der Waals surface area contributed by atoms with Crippen LogP contribution in [0.15, 0.2) is 60.8 Å². The van der Waals surface area contributed by atoms with Gasteiger partial charge in [-0.1, -0.05) is 48.5 Å². The van der Waals surface area contributed by atoms with E-state index in [1.54, 1.807) is 0 Å². The van der Waals surface area contributed by atoms with E-state index < -0.39 is 47.9 Å². The number of para-hydroxylation sites is 1. The normalized spacial score (nSPS) is 13.9. The summed E-state index contributed by atoms with van der Waals surface area (Å²) < 4.78 is 0. The number of thioether (sulfide) groups is 1. The molecule has 0 saturated heterocycles. The average molecular weight is 611 g/mol. The van der Waals surface area contributed by atoms with Gasteiger partial charge in [0.15, 0.2) is 0 Å². The van der Waals surface area contributed by atoms with E-state index in [1.165, 1.54) is 11.8 Å². The second-order valence-electron chi connectivity index (χ2n) is 10.4. The molecule has 4 unspecified atom stereocenters. The minimum absolute atomic E-state index is 0.167. The fourth-order valence-electron chi connectivity index (χ4n) is 4.77. The molecule has 2 aromatic carbocycles. The van der Waals surface area contributed by atoms with Crippen LogP contribution in [-0.4, -0.2) is 76.5 Å². The Morgan fingerprint density at radius 1 is 0.837 bits per heavy atom. The molecule has 3 rings (SSSR count). The van der Waals surface area contributed by atoms with Crippen LogP contribution in [0.25, 0.3) is 10.9 Å². The molecule has 0 spiro atoms. The van der Waals surface area contributed by atoms with Gasteiger partial charge in [-0.2, -0.15) is 11.8 Å². The first-order chi connectivity index (χ1) is 20.7. The summed E-state index contributed by atoms with van der Waals surface area (Å²) >= 11 is 1.47. The molecule has 232 valence electrons. The van der Waals surface area contributed by atoms with Gasteiger partial charge >= 0.3 is 5.97 Å². The van der Waals surface area contributed by atoms with Crippen molar-refractivity contribution in [2.75, 3.05) is 18.6 Å². The standard InChI is InChI=1S/C31H42N6O5S/c1-43-16-14-26(31(41)42)36-29(39)25(13-7-8-15-32)35-30(40)27(17-20-9-3-2-4-10-20)37-28(38)23(33)18-21-19-34-24-12-6-5-11-22(21)24/h2-6,9-12,19,23,25-27,34H,7-8,13-18,32-33H2,1H3,(H,35,40)(H,36,39)(H,37,38)(H,41,42). The summed E-state index contributed by atoms with van der Waals surface area (Å²) in [6.07, 6.45) is 5.77. The number of amides is 3. The number of hydrogen-bond donors (Lipinski definition) is 7. The van der Waals surface area contributed by atoms with E-state index in [0.717, 1.165) is 22.0 Å². The topological polar surface area (TPSA) is 192 Å². The van der Waals surface area contributed by atoms with Crippen molar-refractivity contribution in [2.24, 2.45) is 11.5 Å². The monoisotopic (exact) mass is 610 g/mol. The Bertz CT molecular complexity index is 1350. The first-order valence-corrected chi connectivity index (χ1v) is 15.8. The molecule has 12 heteroatoms. The van der Waals surface area contributed by atoms with Crippen LogP contribution in [0.2, 0.25) is 0 Å². The quantitative estimate of drug-likeness (QED) is 0.106. The number of carboxylic acid groups (broad SMARTS) is 1. The predicted octanol–water partition coefficient (Wildman–Crippen LogP) is 1.70. The van der Waals surface area contributed by atoms with E-state index in [2.05, 4.69) is 20.9 Å². The van der Waals surface area contributed by atoms with Gasteiger partial charge in [0.2, 0.25) is 17.7 Å². The zero-order valence-corrected chi connectivity index (χ0v) is 25.2. The third kappa shape index (κ3) is 10.4. The van der Waals surface area contributed by atoms with Crippen molar-refractivity contribution >= 4 is 46.4 Å². The van der Waals surface area contributed by atoms with Gasteiger partial charge in [0.05, 0.1) is 6.04 Å². The minimum atomic E-state index is -1.15. The summed E-state index contributed by atoms with van der Waals surface area (Å²) in [4.78, 5) is 55.0. The molecule has 3 amide bonds. The molecule has 11 nitrogen and oxygen atoms in total. The summed E-state index contributed by atoms with van der Waals surface area (Å²) in [5.74, 6) is -2.27. The number of rotatable bonds is 18. The number of carboxylic acids is 1. The molecular formula is C31H42N6O5S. The van der Waals surface area contributed by atoms with Gasteiger partial charge in [-0.25, -0.2) is 4.79 Å². The number of hydrogen-bond acceptors (Lipinski definition) is 7. The molecule has 1 aromatic heterocycles. The number of carbonyl (C=O) groups excluding carboxylic acids is 3. The van der Waals surface area contributed by atoms with Gasteiger partial charge in [-0.15, -0.1) is 0 Å². The van der Waals surface area contributed by atoms with Crippen molar-refractivity contribution in [2.45, 2.75) is 62.7 Å². The Hall–Kier alpha value is -3.87. The highest BCUT2D eigenvalue weighted by atomic mass is 32.2. The number of aromatic amines is 1. The fourth-order valence-corrected chi connectivity index (χ4v) is 5.24. The molecule has 0 saturated carbocycles. The second kappa shape index (κ2) is 17.3. The van der Waals surface area contributed by atoms with E-state index in [9.17, 15) is 24.3 Å². The van der Waals surface area contributed by atoms with Gasteiger partial charge in [0.1, 0.15) is 18.1 Å². The van der Waals surface area contributed by atoms with Crippen molar-refractivity contribution in [1.29, 1.82) is 0 Å². The number of carbonyl (C=O) groups is 4. The van der Waals surface area contributed by atoms with Crippen LogP contribution in [0.5, 0.6) is 0 Å². The molecule has 43 heavy (non-hydrogen) atoms. The maximum Gasteiger partial charge on any atom is 0.326 e. The van der Waals surface area contributed by atoms with E-state index in [-0.39, 0.29) is 25.7 Å². The Kier molecular flexibility index (Phi) is 13.5. The average Bonchev–Trinajstić information content (AvgIpc) is 3.41. The summed E-state index contributed by atoms with van der Waals surface area (Å²) in [6, 6.07) is 12.8. The number of H-pyrrole nitrogens is 1. The second-order valence-corrected chi connectivity index (χ2v) is 11.4. The van der Waals surface area contributed by atoms with Crippen LogP contribution < -0.4 is 27.4 Å². The molecular weight excluding hydrogens is 568 g/mol. The lowest BCUT2D eigenvalue weighted by atomic mass is 10.0. The number of nitrogens with two attached hydrogens (primary N) is 2. The van der Waals surface area contributed by atoms with Gasteiger partial charge < -0.3 is 37.5 Å². The minimum Gasteiger partial charge on any atom is -0.480 e. The molecule has 4 atom stereocenters. The molecule has 0 aliphatic carbocycles. The number of unbranched alkanes of at least 4 members (excludes halogenated alkanes) is 1. The molecule has 9 N–H and O–H groups in total. The summed E-state index contributed by atoms with van der Waals surface area (Å²) in [6.45, 7) is 0.411. The van der Waals surface area contributed by atoms with Gasteiger partial charge in [-0.05, 0) is 67.9 Å². The van der Waals surface area contributed by atoms with Crippen LogP contribution in [0.3, 0.4) is 0 Å². The SMILES string of the molecule is CSCCC(NC(=O)C(CCCCN)NC(=O)C(Cc1ccccc1)NC(=O)C(N)Cc1c[nH]c2ccccc12)C(=O)O. The molecule has 1 heterocycles. The highest BCUT2D eigenvalue weighted by Crippen LogP contribution is 2.19. The Labute approximate surface area is 255 Å². The number of aromatic nitrogens is 1. The van der Waals surface area contributed by atoms with Crippen LogP contribution >= 0.6 is 11.8 Å². The van der Waals surface area contributed by atoms with E-state index in [1.807, 2.05) is 67.0 Å². The molecule has 0 fully saturated rings. The summed E-state index contributed by atoms with van der Waals surface area (Å²) in [5, 5.41) is 18.7. The maximum atomic E-state index is 13.6. The highest BCUT2D eigenvalue weighted by Gasteiger charge is 2.30. The van der Waals surface area contributed by atoms with E-state index in [4.69, 9.17) is 11.5 Å². The number of nitrogens with one attached hydrogen (secondary N) is 4. The lowest BCUT2D eigenvalue weighted by Gasteiger charge is -2.25. The van der Waals surface area contributed by atoms with Crippen LogP contribution in [0.1, 0.15) is 36.8 Å². The summed E-state index contributed by atoms with van der Waals surface area (Å²) in [5.41, 5.74) is 14.6. The summed E-state index contributed by atoms with van der Waals surface area (Å²) in [7, 11) is 0. The third-order valence-electron chi connectivity index (χ3n) is 7.17. The van der Waals surface area contributed by atoms with E-state index >= 15 is 0 Å². The number of fused-ring (bicyclic) bond motifs is 1. The molecule has 0 radical (unpaired) electrons. The lowest BCUT2D eigenvalue weighted by Crippen LogP contribution is -2.57. The molecule has 3 aromatic rings. The van der Waals surface area contributed by atoms with Gasteiger partial charge in [-0.3, -0.25) is 14.4 Å². The Morgan fingerprint density at radius 3 is 2.19 bits per heavy atom. The predicted molar refractivity (Wildman–Crippen MR) is 169 cm³/mol. The Morgan fingerprint density at radius 2 is 1.49 bits per heavy atom. The number of aliphatic carboxylic acids is 1. The van der Waals surface area contributed by atoms with Crippen molar-refractivity contribution in [3.63, 3.8) is 0 Å². The zero-order valence-electron chi connectivity index (χ0n) is 24.4. The van der Waals surface area contributed by atoms with Crippen LogP contribution in [-0.2, 0) is 32.0 Å². The first kappa shape index (κ1) is 33.6. The molecule has 0 bridgehead atoms. The first-order valence-electron chi connectivity index (χ1n) is 14.4. The molecule has 0 aliphatic heterocycles. The van der Waals surface area contributed by atoms with Crippen molar-refractivity contribution < 1.29 is 24.3 Å². The smallest absolute Gasteiger partial charge is 0.326 e. The van der Waals surface area contributed by atoms with Gasteiger partial charge in [0, 0.05) is 23.5 Å². The fraction of sp³-hybridized carbons (Fsp3) is 0.419. The van der Waals surface area contributed by atoms with Crippen molar-refractivity contribution in [3.05, 3.63) is 71.9 Å². The highest BCUT2D eigenvalue weighted by molar-refractivity contribution is 7.98. The lowest BCUT2D eigenvalue weighted by molar-refractivity contribution is -0.142. The van der Waals surface area contributed by atoms with Crippen molar-refractivity contribution in [1.82, 2.24) is 20.9 Å². The van der Waals surface area contributed by atoms with E-state index in [0.29, 0.717) is 25.1 Å². The van der Waals surface area contributed by atoms with Crippen LogP contribution in [0, 0.1) is 0 Å². The maximum absolute atomic E-state index is 13.6.